The van der Waals surface area contributed by atoms with E-state index in [4.69, 9.17) is 21.1 Å². The molecule has 1 aromatic carbocycles. The van der Waals surface area contributed by atoms with Gasteiger partial charge < -0.3 is 19.7 Å². The molecule has 7 heteroatoms. The third kappa shape index (κ3) is 6.86. The summed E-state index contributed by atoms with van der Waals surface area (Å²) in [6, 6.07) is 3.85. The minimum Gasteiger partial charge on any atom is -0.493 e. The van der Waals surface area contributed by atoms with Crippen LogP contribution in [0.3, 0.4) is 0 Å². The van der Waals surface area contributed by atoms with E-state index in [1.54, 1.807) is 7.11 Å². The van der Waals surface area contributed by atoms with E-state index < -0.39 is 0 Å². The zero-order valence-corrected chi connectivity index (χ0v) is 17.3. The van der Waals surface area contributed by atoms with Gasteiger partial charge in [-0.25, -0.2) is 0 Å². The van der Waals surface area contributed by atoms with Gasteiger partial charge in [0.1, 0.15) is 0 Å². The Morgan fingerprint density at radius 2 is 2.08 bits per heavy atom. The number of halogens is 2. The number of likely N-dealkylation sites (tertiary alicyclic amines) is 1. The summed E-state index contributed by atoms with van der Waals surface area (Å²) in [5.41, 5.74) is 1.04. The lowest BCUT2D eigenvalue weighted by atomic mass is 10.2. The summed E-state index contributed by atoms with van der Waals surface area (Å²) in [5, 5.41) is 3.94. The minimum absolute atomic E-state index is 0. The standard InChI is InChI=1S/C19H29ClN2O3.ClH/c1-3-11-25-19-16(20)12-15(13-17(19)24-2)14-21-8-10-22-9-6-4-5-7-18(22)23;/h12-13,21H,3-11,14H2,1-2H3;1H. The summed E-state index contributed by atoms with van der Waals surface area (Å²) >= 11 is 6.34. The van der Waals surface area contributed by atoms with Gasteiger partial charge in [-0.15, -0.1) is 12.4 Å². The fraction of sp³-hybridized carbons (Fsp3) is 0.632. The summed E-state index contributed by atoms with van der Waals surface area (Å²) in [7, 11) is 1.62. The van der Waals surface area contributed by atoms with Crippen LogP contribution in [0.4, 0.5) is 0 Å². The SMILES string of the molecule is CCCOc1c(Cl)cc(CNCCN2CCCCCC2=O)cc1OC.Cl. The molecule has 1 aromatic rings. The lowest BCUT2D eigenvalue weighted by Gasteiger charge is -2.20. The van der Waals surface area contributed by atoms with Crippen molar-refractivity contribution in [2.45, 2.75) is 45.6 Å². The van der Waals surface area contributed by atoms with Crippen molar-refractivity contribution in [3.8, 4) is 11.5 Å². The number of rotatable bonds is 9. The number of amides is 1. The predicted octanol–water partition coefficient (Wildman–Crippen LogP) is 4.05. The molecule has 0 aromatic heterocycles. The van der Waals surface area contributed by atoms with Crippen molar-refractivity contribution < 1.29 is 14.3 Å². The van der Waals surface area contributed by atoms with Crippen LogP contribution in [-0.2, 0) is 11.3 Å². The molecule has 0 aliphatic carbocycles. The number of methoxy groups -OCH3 is 1. The van der Waals surface area contributed by atoms with Crippen LogP contribution in [-0.4, -0.2) is 44.2 Å². The Labute approximate surface area is 167 Å². The van der Waals surface area contributed by atoms with Crippen LogP contribution in [0.15, 0.2) is 12.1 Å². The molecular formula is C19H30Cl2N2O3. The maximum Gasteiger partial charge on any atom is 0.222 e. The van der Waals surface area contributed by atoms with E-state index in [2.05, 4.69) is 5.32 Å². The first kappa shape index (κ1) is 22.9. The fourth-order valence-corrected chi connectivity index (χ4v) is 3.23. The van der Waals surface area contributed by atoms with Crippen molar-refractivity contribution in [2.75, 3.05) is 33.4 Å². The highest BCUT2D eigenvalue weighted by atomic mass is 35.5. The number of nitrogens with one attached hydrogen (secondary N) is 1. The van der Waals surface area contributed by atoms with Gasteiger partial charge in [-0.3, -0.25) is 4.79 Å². The Morgan fingerprint density at radius 3 is 2.81 bits per heavy atom. The normalized spacial score (nSPS) is 14.6. The lowest BCUT2D eigenvalue weighted by molar-refractivity contribution is -0.130. The lowest BCUT2D eigenvalue weighted by Crippen LogP contribution is -2.36. The van der Waals surface area contributed by atoms with Crippen molar-refractivity contribution >= 4 is 29.9 Å². The molecule has 1 aliphatic heterocycles. The van der Waals surface area contributed by atoms with Crippen molar-refractivity contribution in [1.29, 1.82) is 0 Å². The third-order valence-electron chi connectivity index (χ3n) is 4.30. The summed E-state index contributed by atoms with van der Waals surface area (Å²) in [4.78, 5) is 13.9. The number of hydrogen-bond donors (Lipinski definition) is 1. The van der Waals surface area contributed by atoms with E-state index >= 15 is 0 Å². The van der Waals surface area contributed by atoms with Crippen LogP contribution in [0.5, 0.6) is 11.5 Å². The molecule has 1 aliphatic rings. The summed E-state index contributed by atoms with van der Waals surface area (Å²) in [6.45, 7) is 5.72. The van der Waals surface area contributed by atoms with E-state index in [-0.39, 0.29) is 18.3 Å². The Kier molecular flexibility index (Phi) is 10.8. The molecule has 0 saturated carbocycles. The quantitative estimate of drug-likeness (QED) is 0.630. The Morgan fingerprint density at radius 1 is 1.27 bits per heavy atom. The van der Waals surface area contributed by atoms with Crippen LogP contribution in [0.25, 0.3) is 0 Å². The molecule has 0 atom stereocenters. The first-order valence-electron chi connectivity index (χ1n) is 9.13. The molecule has 0 bridgehead atoms. The second kappa shape index (κ2) is 12.3. The molecule has 5 nitrogen and oxygen atoms in total. The van der Waals surface area contributed by atoms with Crippen molar-refractivity contribution in [3.05, 3.63) is 22.7 Å². The predicted molar refractivity (Wildman–Crippen MR) is 108 cm³/mol. The zero-order valence-electron chi connectivity index (χ0n) is 15.7. The molecule has 1 heterocycles. The maximum absolute atomic E-state index is 12.0. The first-order valence-corrected chi connectivity index (χ1v) is 9.51. The van der Waals surface area contributed by atoms with Crippen LogP contribution in [0.2, 0.25) is 5.02 Å². The zero-order chi connectivity index (χ0) is 18.1. The Balaban J connectivity index is 0.00000338. The molecule has 1 fully saturated rings. The van der Waals surface area contributed by atoms with Crippen LogP contribution >= 0.6 is 24.0 Å². The monoisotopic (exact) mass is 404 g/mol. The Hall–Kier alpha value is -1.17. The number of nitrogens with zero attached hydrogens (tertiary/aromatic N) is 1. The van der Waals surface area contributed by atoms with Crippen molar-refractivity contribution in [3.63, 3.8) is 0 Å². The molecule has 0 radical (unpaired) electrons. The average Bonchev–Trinajstić information content (AvgIpc) is 2.81. The number of benzene rings is 1. The summed E-state index contributed by atoms with van der Waals surface area (Å²) in [6.07, 6.45) is 4.88. The molecule has 1 saturated heterocycles. The molecule has 2 rings (SSSR count). The van der Waals surface area contributed by atoms with E-state index in [9.17, 15) is 4.79 Å². The summed E-state index contributed by atoms with van der Waals surface area (Å²) < 4.78 is 11.1. The third-order valence-corrected chi connectivity index (χ3v) is 4.58. The van der Waals surface area contributed by atoms with Crippen molar-refractivity contribution in [1.82, 2.24) is 10.2 Å². The topological polar surface area (TPSA) is 50.8 Å². The average molecular weight is 405 g/mol. The number of ether oxygens (including phenoxy) is 2. The van der Waals surface area contributed by atoms with Crippen molar-refractivity contribution in [2.24, 2.45) is 0 Å². The number of carbonyl (C=O) groups is 1. The van der Waals surface area contributed by atoms with Crippen LogP contribution < -0.4 is 14.8 Å². The minimum atomic E-state index is 0. The first-order chi connectivity index (χ1) is 12.2. The smallest absolute Gasteiger partial charge is 0.222 e. The van der Waals surface area contributed by atoms with E-state index in [1.807, 2.05) is 24.0 Å². The van der Waals surface area contributed by atoms with E-state index in [0.29, 0.717) is 36.1 Å². The highest BCUT2D eigenvalue weighted by molar-refractivity contribution is 6.32. The van der Waals surface area contributed by atoms with Gasteiger partial charge in [0.25, 0.3) is 0 Å². The molecule has 1 amide bonds. The van der Waals surface area contributed by atoms with Gasteiger partial charge in [-0.1, -0.05) is 24.9 Å². The van der Waals surface area contributed by atoms with Gasteiger partial charge in [0.15, 0.2) is 11.5 Å². The van der Waals surface area contributed by atoms with E-state index in [0.717, 1.165) is 50.9 Å². The highest BCUT2D eigenvalue weighted by Gasteiger charge is 2.16. The second-order valence-electron chi connectivity index (χ2n) is 6.33. The number of carbonyl (C=O) groups excluding carboxylic acids is 1. The van der Waals surface area contributed by atoms with Gasteiger partial charge in [-0.2, -0.15) is 0 Å². The second-order valence-corrected chi connectivity index (χ2v) is 6.73. The maximum atomic E-state index is 12.0. The van der Waals surface area contributed by atoms with Gasteiger partial charge in [0.2, 0.25) is 5.91 Å². The van der Waals surface area contributed by atoms with Gasteiger partial charge >= 0.3 is 0 Å². The highest BCUT2D eigenvalue weighted by Crippen LogP contribution is 2.36. The summed E-state index contributed by atoms with van der Waals surface area (Å²) in [5.74, 6) is 1.53. The molecule has 148 valence electrons. The van der Waals surface area contributed by atoms with Gasteiger partial charge in [-0.05, 0) is 37.0 Å². The molecule has 0 spiro atoms. The molecule has 0 unspecified atom stereocenters. The largest absolute Gasteiger partial charge is 0.493 e. The van der Waals surface area contributed by atoms with Crippen LogP contribution in [0, 0.1) is 0 Å². The van der Waals surface area contributed by atoms with Gasteiger partial charge in [0, 0.05) is 32.6 Å². The van der Waals surface area contributed by atoms with Gasteiger partial charge in [0.05, 0.1) is 18.7 Å². The fourth-order valence-electron chi connectivity index (χ4n) is 2.94. The Bertz CT molecular complexity index is 570. The van der Waals surface area contributed by atoms with E-state index in [1.165, 1.54) is 0 Å². The van der Waals surface area contributed by atoms with Crippen LogP contribution in [0.1, 0.15) is 44.6 Å². The molecular weight excluding hydrogens is 375 g/mol. The number of hydrogen-bond acceptors (Lipinski definition) is 4. The molecule has 1 N–H and O–H groups in total. The molecule has 26 heavy (non-hydrogen) atoms.